The minimum Gasteiger partial charge on any atom is -0.495 e. The van der Waals surface area contributed by atoms with Crippen molar-refractivity contribution in [2.24, 2.45) is 11.8 Å². The minimum absolute atomic E-state index is 0.117. The summed E-state index contributed by atoms with van der Waals surface area (Å²) in [5, 5.41) is 7.03. The van der Waals surface area contributed by atoms with Gasteiger partial charge in [0.1, 0.15) is 33.0 Å². The average Bonchev–Trinajstić information content (AvgIpc) is 3.03. The Morgan fingerprint density at radius 1 is 0.980 bits per heavy atom. The zero-order chi connectivity index (χ0) is 34.9. The first kappa shape index (κ1) is 34.9. The van der Waals surface area contributed by atoms with E-state index < -0.39 is 11.7 Å². The van der Waals surface area contributed by atoms with Gasteiger partial charge in [-0.15, -0.1) is 0 Å². The molecule has 6 rings (SSSR count). The predicted molar refractivity (Wildman–Crippen MR) is 191 cm³/mol. The van der Waals surface area contributed by atoms with Gasteiger partial charge in [-0.3, -0.25) is 9.80 Å². The SMILES string of the molecule is COc1cc(OC)c(Cl)c(N2Cc3cnc(N[C@@H]4CC(C5CCC5)CC[C@@H]4NC(=O)OC(C)(C)C)nc3N(Cc3ccccc3)C2=O)c1Cl. The normalized spacial score (nSPS) is 21.0. The minimum atomic E-state index is -0.606. The summed E-state index contributed by atoms with van der Waals surface area (Å²) in [4.78, 5) is 40.1. The third kappa shape index (κ3) is 7.62. The molecule has 3 amide bonds. The quantitative estimate of drug-likeness (QED) is 0.228. The van der Waals surface area contributed by atoms with Crippen LogP contribution in [0.2, 0.25) is 10.0 Å². The Kier molecular flexibility index (Phi) is 10.3. The predicted octanol–water partition coefficient (Wildman–Crippen LogP) is 8.22. The number of fused-ring (bicyclic) bond motifs is 1. The number of amides is 3. The summed E-state index contributed by atoms with van der Waals surface area (Å²) in [6.07, 6.45) is 7.79. The smallest absolute Gasteiger partial charge is 0.407 e. The lowest BCUT2D eigenvalue weighted by molar-refractivity contribution is 0.0466. The highest BCUT2D eigenvalue weighted by Gasteiger charge is 2.40. The maximum absolute atomic E-state index is 14.5. The number of nitrogens with one attached hydrogen (secondary N) is 2. The van der Waals surface area contributed by atoms with Gasteiger partial charge in [0.2, 0.25) is 5.95 Å². The van der Waals surface area contributed by atoms with Crippen molar-refractivity contribution in [3.05, 3.63) is 63.8 Å². The third-order valence-electron chi connectivity index (χ3n) is 9.62. The first-order chi connectivity index (χ1) is 23.5. The van der Waals surface area contributed by atoms with Crippen molar-refractivity contribution in [3.63, 3.8) is 0 Å². The van der Waals surface area contributed by atoms with Crippen molar-refractivity contribution >= 4 is 52.8 Å². The number of aromatic nitrogens is 2. The number of carbonyl (C=O) groups excluding carboxylic acids is 2. The number of nitrogens with zero attached hydrogens (tertiary/aromatic N) is 4. The molecule has 2 heterocycles. The zero-order valence-corrected chi connectivity index (χ0v) is 30.1. The molecule has 2 fully saturated rings. The summed E-state index contributed by atoms with van der Waals surface area (Å²) in [7, 11) is 2.98. The van der Waals surface area contributed by atoms with Gasteiger partial charge in [0.15, 0.2) is 0 Å². The Bertz CT molecular complexity index is 1650. The van der Waals surface area contributed by atoms with Gasteiger partial charge >= 0.3 is 12.1 Å². The molecule has 3 atom stereocenters. The molecule has 0 saturated heterocycles. The maximum atomic E-state index is 14.5. The van der Waals surface area contributed by atoms with Crippen molar-refractivity contribution in [2.45, 2.75) is 90.1 Å². The van der Waals surface area contributed by atoms with E-state index in [2.05, 4.69) is 10.6 Å². The molecule has 0 spiro atoms. The maximum Gasteiger partial charge on any atom is 0.407 e. The Hall–Kier alpha value is -3.96. The van der Waals surface area contributed by atoms with Crippen LogP contribution >= 0.6 is 23.2 Å². The molecule has 1 aliphatic heterocycles. The first-order valence-electron chi connectivity index (χ1n) is 16.8. The van der Waals surface area contributed by atoms with Crippen LogP contribution in [0, 0.1) is 11.8 Å². The second-order valence-corrected chi connectivity index (χ2v) is 14.8. The van der Waals surface area contributed by atoms with Gasteiger partial charge < -0.3 is 24.8 Å². The highest BCUT2D eigenvalue weighted by Crippen LogP contribution is 2.48. The van der Waals surface area contributed by atoms with Crippen LogP contribution < -0.4 is 29.9 Å². The molecule has 262 valence electrons. The van der Waals surface area contributed by atoms with Crippen LogP contribution in [-0.4, -0.2) is 54.0 Å². The molecule has 3 aliphatic rings. The van der Waals surface area contributed by atoms with Crippen molar-refractivity contribution in [3.8, 4) is 11.5 Å². The summed E-state index contributed by atoms with van der Waals surface area (Å²) in [5.41, 5.74) is 1.28. The molecule has 2 aromatic carbocycles. The topological polar surface area (TPSA) is 118 Å². The van der Waals surface area contributed by atoms with E-state index >= 15 is 0 Å². The molecule has 2 saturated carbocycles. The number of rotatable bonds is 9. The average molecular weight is 712 g/mol. The van der Waals surface area contributed by atoms with E-state index in [-0.39, 0.29) is 46.9 Å². The molecule has 2 N–H and O–H groups in total. The second kappa shape index (κ2) is 14.5. The second-order valence-electron chi connectivity index (χ2n) is 14.0. The summed E-state index contributed by atoms with van der Waals surface area (Å²) in [6, 6.07) is 10.6. The van der Waals surface area contributed by atoms with Crippen molar-refractivity contribution in [1.82, 2.24) is 15.3 Å². The van der Waals surface area contributed by atoms with E-state index in [1.165, 1.54) is 38.4 Å². The Morgan fingerprint density at radius 2 is 1.67 bits per heavy atom. The molecule has 0 bridgehead atoms. The van der Waals surface area contributed by atoms with Crippen molar-refractivity contribution < 1.29 is 23.8 Å². The number of urea groups is 1. The summed E-state index contributed by atoms with van der Waals surface area (Å²) in [6.45, 7) is 5.92. The van der Waals surface area contributed by atoms with Gasteiger partial charge in [0.05, 0.1) is 39.0 Å². The molecule has 2 aliphatic carbocycles. The van der Waals surface area contributed by atoms with Crippen LogP contribution in [0.4, 0.5) is 27.0 Å². The molecule has 3 aromatic rings. The number of alkyl carbamates (subject to hydrolysis) is 1. The Morgan fingerprint density at radius 3 is 2.29 bits per heavy atom. The molecule has 1 unspecified atom stereocenters. The first-order valence-corrected chi connectivity index (χ1v) is 17.6. The van der Waals surface area contributed by atoms with Gasteiger partial charge in [0.25, 0.3) is 0 Å². The van der Waals surface area contributed by atoms with E-state index in [0.29, 0.717) is 40.7 Å². The van der Waals surface area contributed by atoms with Gasteiger partial charge in [-0.25, -0.2) is 14.6 Å². The van der Waals surface area contributed by atoms with Gasteiger partial charge in [-0.2, -0.15) is 4.98 Å². The van der Waals surface area contributed by atoms with Crippen LogP contribution in [0.25, 0.3) is 0 Å². The largest absolute Gasteiger partial charge is 0.495 e. The molecular formula is C36H44Cl2N6O5. The van der Waals surface area contributed by atoms with Crippen LogP contribution in [0.5, 0.6) is 11.5 Å². The van der Waals surface area contributed by atoms with Crippen LogP contribution in [0.1, 0.15) is 70.4 Å². The van der Waals surface area contributed by atoms with Gasteiger partial charge in [-0.05, 0) is 57.4 Å². The fourth-order valence-corrected chi connectivity index (χ4v) is 7.68. The summed E-state index contributed by atoms with van der Waals surface area (Å²) < 4.78 is 16.6. The summed E-state index contributed by atoms with van der Waals surface area (Å²) in [5.74, 6) is 2.77. The standard InChI is InChI=1S/C36H44Cl2N6O5/c1-36(2,3)49-34(45)41-25-15-14-23(22-12-9-13-22)16-26(25)40-33-39-18-24-20-43(31-29(37)27(47-4)17-28(48-5)30(31)38)35(46)44(32(24)42-33)19-21-10-7-6-8-11-21/h6-8,10-11,17-18,22-23,25-26H,9,12-16,19-20H2,1-5H3,(H,41,45)(H,39,40,42)/t23?,25-,26+/m0/s1. The van der Waals surface area contributed by atoms with Gasteiger partial charge in [-0.1, -0.05) is 72.8 Å². The van der Waals surface area contributed by atoms with E-state index in [9.17, 15) is 9.59 Å². The molecular weight excluding hydrogens is 667 g/mol. The van der Waals surface area contributed by atoms with Gasteiger partial charge in [0, 0.05) is 23.9 Å². The van der Waals surface area contributed by atoms with Crippen LogP contribution in [0.15, 0.2) is 42.6 Å². The highest BCUT2D eigenvalue weighted by atomic mass is 35.5. The van der Waals surface area contributed by atoms with E-state index in [1.807, 2.05) is 51.1 Å². The molecule has 1 aromatic heterocycles. The third-order valence-corrected chi connectivity index (χ3v) is 10.3. The van der Waals surface area contributed by atoms with Crippen molar-refractivity contribution in [1.29, 1.82) is 0 Å². The van der Waals surface area contributed by atoms with E-state index in [4.69, 9.17) is 47.4 Å². The number of benzene rings is 2. The molecule has 11 nitrogen and oxygen atoms in total. The number of halogens is 2. The zero-order valence-electron chi connectivity index (χ0n) is 28.6. The fraction of sp³-hybridized carbons (Fsp3) is 0.500. The lowest BCUT2D eigenvalue weighted by atomic mass is 9.68. The number of hydrogen-bond acceptors (Lipinski definition) is 8. The highest BCUT2D eigenvalue weighted by molar-refractivity contribution is 6.42. The monoisotopic (exact) mass is 710 g/mol. The number of methoxy groups -OCH3 is 2. The fourth-order valence-electron chi connectivity index (χ4n) is 6.98. The molecule has 49 heavy (non-hydrogen) atoms. The lowest BCUT2D eigenvalue weighted by Gasteiger charge is -2.43. The number of anilines is 3. The van der Waals surface area contributed by atoms with E-state index in [0.717, 1.165) is 24.8 Å². The number of hydrogen-bond donors (Lipinski definition) is 2. The number of ether oxygens (including phenoxy) is 3. The summed E-state index contributed by atoms with van der Waals surface area (Å²) >= 11 is 13.6. The lowest BCUT2D eigenvalue weighted by Crippen LogP contribution is -2.52. The Labute approximate surface area is 297 Å². The van der Waals surface area contributed by atoms with Crippen molar-refractivity contribution in [2.75, 3.05) is 29.3 Å². The number of carbonyl (C=O) groups is 2. The molecule has 13 heteroatoms. The Balaban J connectivity index is 1.34. The van der Waals surface area contributed by atoms with Crippen LogP contribution in [-0.2, 0) is 17.8 Å². The van der Waals surface area contributed by atoms with Crippen LogP contribution in [0.3, 0.4) is 0 Å². The van der Waals surface area contributed by atoms with E-state index in [1.54, 1.807) is 17.2 Å². The molecule has 0 radical (unpaired) electrons.